The molecule has 11 nitrogen and oxygen atoms in total. The molecule has 0 spiro atoms. The summed E-state index contributed by atoms with van der Waals surface area (Å²) in [5.74, 6) is -2.18. The first-order valence-electron chi connectivity index (χ1n) is 7.19. The van der Waals surface area contributed by atoms with Gasteiger partial charge in [-0.05, 0) is 31.2 Å². The van der Waals surface area contributed by atoms with Gasteiger partial charge in [-0.3, -0.25) is 4.79 Å². The predicted octanol–water partition coefficient (Wildman–Crippen LogP) is -8.25. The van der Waals surface area contributed by atoms with E-state index in [9.17, 15) is 29.0 Å². The zero-order valence-corrected chi connectivity index (χ0v) is 23.6. The van der Waals surface area contributed by atoms with Crippen LogP contribution in [0.15, 0.2) is 34.5 Å². The largest absolute Gasteiger partial charge is 1.00 e. The number of nitrogens with zero attached hydrogens (tertiary/aromatic N) is 3. The second-order valence-electron chi connectivity index (χ2n) is 5.13. The van der Waals surface area contributed by atoms with E-state index in [-0.39, 0.29) is 123 Å². The summed E-state index contributed by atoms with van der Waals surface area (Å²) in [4.78, 5) is 47.3. The van der Waals surface area contributed by atoms with Gasteiger partial charge in [-0.25, -0.2) is 9.78 Å². The number of phosphoric acid groups is 1. The number of carbonyl (C=O) groups excluding carboxylic acids is 1. The summed E-state index contributed by atoms with van der Waals surface area (Å²) in [6, 6.07) is 5.26. The molecule has 2 aromatic rings. The number of benzene rings is 1. The Morgan fingerprint density at radius 2 is 1.77 bits per heavy atom. The summed E-state index contributed by atoms with van der Waals surface area (Å²) in [7, 11) is -5.37. The van der Waals surface area contributed by atoms with Gasteiger partial charge < -0.3 is 29.1 Å². The molecular formula is C15H11N3Na3O8P. The van der Waals surface area contributed by atoms with Crippen molar-refractivity contribution in [2.45, 2.75) is 13.5 Å². The van der Waals surface area contributed by atoms with Crippen LogP contribution < -0.4 is 104 Å². The molecule has 1 aromatic heterocycles. The number of hydrogen-bond acceptors (Lipinski definition) is 10. The Labute approximate surface area is 237 Å². The number of aromatic nitrogens is 1. The van der Waals surface area contributed by atoms with E-state index in [1.807, 2.05) is 0 Å². The number of aromatic carboxylic acids is 1. The SMILES string of the molecule is Cc1nc(N=Nc2ccc(C(=O)O)cc2)c(COP(=O)([O-])[O-])c(C=O)c1[O-].[Na+].[Na+].[Na+]. The van der Waals surface area contributed by atoms with Crippen molar-refractivity contribution in [3.05, 3.63) is 46.6 Å². The smallest absolute Gasteiger partial charge is 0.871 e. The maximum atomic E-state index is 12.0. The first kappa shape index (κ1) is 32.2. The second kappa shape index (κ2) is 14.2. The van der Waals surface area contributed by atoms with E-state index in [1.54, 1.807) is 0 Å². The summed E-state index contributed by atoms with van der Waals surface area (Å²) >= 11 is 0. The number of aryl methyl sites for hydroxylation is 1. The molecule has 15 heteroatoms. The number of aldehydes is 1. The maximum absolute atomic E-state index is 12.0. The average molecular weight is 461 g/mol. The van der Waals surface area contributed by atoms with E-state index < -0.39 is 31.7 Å². The number of carbonyl (C=O) groups is 2. The molecule has 0 fully saturated rings. The van der Waals surface area contributed by atoms with Crippen LogP contribution in [-0.2, 0) is 15.7 Å². The van der Waals surface area contributed by atoms with Crippen LogP contribution in [0.3, 0.4) is 0 Å². The Kier molecular flexibility index (Phi) is 15.3. The van der Waals surface area contributed by atoms with Crippen molar-refractivity contribution in [2.75, 3.05) is 0 Å². The molecule has 0 amide bonds. The van der Waals surface area contributed by atoms with Crippen LogP contribution in [0, 0.1) is 6.92 Å². The summed E-state index contributed by atoms with van der Waals surface area (Å²) in [6.07, 6.45) is 0.177. The molecule has 0 aliphatic rings. The Morgan fingerprint density at radius 3 is 2.23 bits per heavy atom. The number of pyridine rings is 1. The molecule has 0 bridgehead atoms. The van der Waals surface area contributed by atoms with Crippen molar-refractivity contribution < 1.29 is 127 Å². The second-order valence-corrected chi connectivity index (χ2v) is 6.29. The molecule has 0 aliphatic heterocycles. The van der Waals surface area contributed by atoms with Crippen LogP contribution in [0.25, 0.3) is 0 Å². The number of carboxylic acid groups (broad SMARTS) is 1. The topological polar surface area (TPSA) is 187 Å². The minimum Gasteiger partial charge on any atom is -0.871 e. The standard InChI is InChI=1S/C15H14N3O8P.3Na/c1-8-13(20)11(6-19)12(7-26-27(23,24)25)14(16-8)18-17-10-4-2-9(3-5-10)15(21)22;;;/h2-6,20H,7H2,1H3,(H,21,22)(H2,23,24,25);;;/q;3*+1/p-3. The molecule has 1 aromatic carbocycles. The van der Waals surface area contributed by atoms with Gasteiger partial charge >= 0.3 is 94.6 Å². The van der Waals surface area contributed by atoms with Crippen molar-refractivity contribution in [1.29, 1.82) is 0 Å². The molecular weight excluding hydrogens is 450 g/mol. The maximum Gasteiger partial charge on any atom is 1.00 e. The van der Waals surface area contributed by atoms with Gasteiger partial charge in [-0.2, -0.15) is 0 Å². The average Bonchev–Trinajstić information content (AvgIpc) is 2.60. The number of hydrogen-bond donors (Lipinski definition) is 1. The fraction of sp³-hybridized carbons (Fsp3) is 0.133. The quantitative estimate of drug-likeness (QED) is 0.181. The third-order valence-electron chi connectivity index (χ3n) is 3.30. The minimum absolute atomic E-state index is 0. The van der Waals surface area contributed by atoms with Crippen molar-refractivity contribution in [2.24, 2.45) is 10.2 Å². The third kappa shape index (κ3) is 9.25. The normalized spacial score (nSPS) is 10.5. The van der Waals surface area contributed by atoms with E-state index in [1.165, 1.54) is 31.2 Å². The van der Waals surface area contributed by atoms with E-state index in [2.05, 4.69) is 19.7 Å². The van der Waals surface area contributed by atoms with Crippen molar-refractivity contribution in [3.8, 4) is 5.75 Å². The Morgan fingerprint density at radius 1 is 1.20 bits per heavy atom. The van der Waals surface area contributed by atoms with Gasteiger partial charge in [0.2, 0.25) is 0 Å². The van der Waals surface area contributed by atoms with Crippen LogP contribution in [0.1, 0.15) is 32.0 Å². The Hall–Kier alpha value is 0.0200. The number of carboxylic acids is 1. The fourth-order valence-electron chi connectivity index (χ4n) is 2.00. The number of phosphoric ester groups is 1. The molecule has 142 valence electrons. The van der Waals surface area contributed by atoms with Gasteiger partial charge in [0.15, 0.2) is 5.82 Å². The van der Waals surface area contributed by atoms with Crippen LogP contribution in [0.2, 0.25) is 0 Å². The van der Waals surface area contributed by atoms with Crippen LogP contribution in [0.4, 0.5) is 11.5 Å². The first-order valence-corrected chi connectivity index (χ1v) is 8.66. The van der Waals surface area contributed by atoms with Gasteiger partial charge in [0.05, 0.1) is 25.7 Å². The van der Waals surface area contributed by atoms with Gasteiger partial charge in [0.25, 0.3) is 0 Å². The molecule has 2 rings (SSSR count). The van der Waals surface area contributed by atoms with Crippen LogP contribution >= 0.6 is 7.82 Å². The molecule has 1 heterocycles. The van der Waals surface area contributed by atoms with Gasteiger partial charge in [-0.15, -0.1) is 10.2 Å². The van der Waals surface area contributed by atoms with Crippen molar-refractivity contribution in [1.82, 2.24) is 4.98 Å². The number of rotatable bonds is 7. The molecule has 0 unspecified atom stereocenters. The molecule has 0 aliphatic carbocycles. The molecule has 30 heavy (non-hydrogen) atoms. The summed E-state index contributed by atoms with van der Waals surface area (Å²) in [5, 5.41) is 28.4. The zero-order valence-electron chi connectivity index (χ0n) is 16.7. The monoisotopic (exact) mass is 461 g/mol. The zero-order chi connectivity index (χ0) is 20.2. The van der Waals surface area contributed by atoms with Crippen molar-refractivity contribution >= 4 is 31.6 Å². The van der Waals surface area contributed by atoms with Crippen molar-refractivity contribution in [3.63, 3.8) is 0 Å². The predicted molar refractivity (Wildman–Crippen MR) is 83.8 cm³/mol. The molecule has 0 saturated heterocycles. The molecule has 1 N–H and O–H groups in total. The fourth-order valence-corrected chi connectivity index (χ4v) is 2.29. The summed E-state index contributed by atoms with van der Waals surface area (Å²) in [5.41, 5.74) is -0.603. The minimum atomic E-state index is -5.37. The van der Waals surface area contributed by atoms with E-state index in [0.717, 1.165) is 0 Å². The Bertz CT molecular complexity index is 967. The van der Waals surface area contributed by atoms with Gasteiger partial charge in [0.1, 0.15) is 6.29 Å². The molecule has 0 radical (unpaired) electrons. The van der Waals surface area contributed by atoms with E-state index in [0.29, 0.717) is 0 Å². The van der Waals surface area contributed by atoms with E-state index in [4.69, 9.17) is 5.11 Å². The van der Waals surface area contributed by atoms with Gasteiger partial charge in [-0.1, -0.05) is 5.75 Å². The summed E-state index contributed by atoms with van der Waals surface area (Å²) < 4.78 is 14.8. The first-order chi connectivity index (χ1) is 12.6. The molecule has 0 atom stereocenters. The molecule has 0 saturated carbocycles. The van der Waals surface area contributed by atoms with E-state index >= 15 is 0 Å². The van der Waals surface area contributed by atoms with Gasteiger partial charge in [0, 0.05) is 16.8 Å². The Balaban J connectivity index is 0. The number of azo groups is 1. The van der Waals surface area contributed by atoms with Crippen LogP contribution in [0.5, 0.6) is 5.75 Å². The third-order valence-corrected chi connectivity index (χ3v) is 3.75. The van der Waals surface area contributed by atoms with Crippen LogP contribution in [-0.4, -0.2) is 22.3 Å². The summed E-state index contributed by atoms with van der Waals surface area (Å²) in [6.45, 7) is 0.403.